The van der Waals surface area contributed by atoms with Gasteiger partial charge in [-0.1, -0.05) is 50.2 Å². The maximum Gasteiger partial charge on any atom is 0.303 e. The molecule has 1 atom stereocenters. The fraction of sp³-hybridized carbons (Fsp3) is 0.348. The van der Waals surface area contributed by atoms with Gasteiger partial charge in [0.1, 0.15) is 0 Å². The molecule has 0 heterocycles. The molecule has 0 saturated carbocycles. The lowest BCUT2D eigenvalue weighted by Gasteiger charge is -2.29. The van der Waals surface area contributed by atoms with Crippen molar-refractivity contribution in [2.45, 2.75) is 26.7 Å². The van der Waals surface area contributed by atoms with Crippen LogP contribution in [0, 0.1) is 11.3 Å². The van der Waals surface area contributed by atoms with Gasteiger partial charge in [-0.25, -0.2) is 0 Å². The second-order valence-electron chi connectivity index (χ2n) is 7.96. The Morgan fingerprint density at radius 2 is 1.34 bits per heavy atom. The molecule has 0 bridgehead atoms. The van der Waals surface area contributed by atoms with Crippen molar-refractivity contribution in [1.29, 1.82) is 0 Å². The zero-order valence-electron chi connectivity index (χ0n) is 16.9. The van der Waals surface area contributed by atoms with E-state index in [0.29, 0.717) is 24.1 Å². The summed E-state index contributed by atoms with van der Waals surface area (Å²) < 4.78 is 0. The average molecular weight is 396 g/mol. The van der Waals surface area contributed by atoms with Crippen molar-refractivity contribution in [3.05, 3.63) is 71.8 Å². The first kappa shape index (κ1) is 22.1. The SMILES string of the molecule is CC(C)(CNC(=O)c1ccccc1)C[C@H](CNC(=O)c1ccccc1)CC(=O)O. The third-order valence-electron chi connectivity index (χ3n) is 4.66. The second-order valence-corrected chi connectivity index (χ2v) is 7.96. The average Bonchev–Trinajstić information content (AvgIpc) is 2.70. The summed E-state index contributed by atoms with van der Waals surface area (Å²) >= 11 is 0. The Labute approximate surface area is 171 Å². The number of carbonyl (C=O) groups is 3. The molecule has 0 aromatic heterocycles. The molecule has 0 spiro atoms. The Morgan fingerprint density at radius 1 is 0.862 bits per heavy atom. The number of benzene rings is 2. The van der Waals surface area contributed by atoms with Gasteiger partial charge >= 0.3 is 5.97 Å². The molecule has 0 aliphatic heterocycles. The Bertz CT molecular complexity index is 819. The molecule has 154 valence electrons. The van der Waals surface area contributed by atoms with Gasteiger partial charge in [0.2, 0.25) is 0 Å². The maximum absolute atomic E-state index is 12.3. The van der Waals surface area contributed by atoms with E-state index in [1.807, 2.05) is 26.0 Å². The van der Waals surface area contributed by atoms with Gasteiger partial charge in [-0.15, -0.1) is 0 Å². The lowest BCUT2D eigenvalue weighted by molar-refractivity contribution is -0.138. The molecule has 2 aromatic carbocycles. The van der Waals surface area contributed by atoms with Crippen molar-refractivity contribution in [3.63, 3.8) is 0 Å². The number of aliphatic carboxylic acids is 1. The summed E-state index contributed by atoms with van der Waals surface area (Å²) in [6.07, 6.45) is 0.495. The molecule has 0 aliphatic carbocycles. The normalized spacial score (nSPS) is 12.1. The molecule has 0 saturated heterocycles. The van der Waals surface area contributed by atoms with Crippen molar-refractivity contribution in [3.8, 4) is 0 Å². The van der Waals surface area contributed by atoms with Gasteiger partial charge in [-0.3, -0.25) is 14.4 Å². The van der Waals surface area contributed by atoms with Crippen molar-refractivity contribution < 1.29 is 19.5 Å². The standard InChI is InChI=1S/C23H28N2O4/c1-23(2,16-25-22(29)19-11-7-4-8-12-19)14-17(13-20(26)27)15-24-21(28)18-9-5-3-6-10-18/h3-12,17H,13-16H2,1-2H3,(H,24,28)(H,25,29)(H,26,27)/t17-/m1/s1. The lowest BCUT2D eigenvalue weighted by atomic mass is 9.81. The number of carboxylic acids is 1. The van der Waals surface area contributed by atoms with E-state index in [4.69, 9.17) is 0 Å². The molecule has 0 aliphatic rings. The summed E-state index contributed by atoms with van der Waals surface area (Å²) in [5, 5.41) is 15.0. The first-order valence-electron chi connectivity index (χ1n) is 9.65. The van der Waals surface area contributed by atoms with Gasteiger partial charge in [0.15, 0.2) is 0 Å². The highest BCUT2D eigenvalue weighted by Gasteiger charge is 2.26. The number of rotatable bonds is 10. The van der Waals surface area contributed by atoms with Crippen molar-refractivity contribution in [1.82, 2.24) is 10.6 Å². The summed E-state index contributed by atoms with van der Waals surface area (Å²) in [5.41, 5.74) is 0.790. The van der Waals surface area contributed by atoms with E-state index in [0.717, 1.165) is 0 Å². The molecule has 2 amide bonds. The highest BCUT2D eigenvalue weighted by Crippen LogP contribution is 2.26. The number of amides is 2. The summed E-state index contributed by atoms with van der Waals surface area (Å²) in [5.74, 6) is -1.54. The maximum atomic E-state index is 12.3. The van der Waals surface area contributed by atoms with E-state index < -0.39 is 5.97 Å². The zero-order valence-corrected chi connectivity index (χ0v) is 16.9. The van der Waals surface area contributed by atoms with Gasteiger partial charge in [-0.2, -0.15) is 0 Å². The van der Waals surface area contributed by atoms with E-state index in [-0.39, 0.29) is 36.1 Å². The topological polar surface area (TPSA) is 95.5 Å². The molecule has 29 heavy (non-hydrogen) atoms. The fourth-order valence-electron chi connectivity index (χ4n) is 3.26. The molecular weight excluding hydrogens is 368 g/mol. The van der Waals surface area contributed by atoms with Crippen molar-refractivity contribution >= 4 is 17.8 Å². The molecule has 3 N–H and O–H groups in total. The summed E-state index contributed by atoms with van der Waals surface area (Å²) in [6.45, 7) is 4.62. The van der Waals surface area contributed by atoms with Crippen LogP contribution >= 0.6 is 0 Å². The first-order chi connectivity index (χ1) is 13.8. The van der Waals surface area contributed by atoms with Crippen LogP contribution < -0.4 is 10.6 Å². The number of carboxylic acid groups (broad SMARTS) is 1. The minimum atomic E-state index is -0.909. The first-order valence-corrected chi connectivity index (χ1v) is 9.65. The number of hydrogen-bond acceptors (Lipinski definition) is 3. The fourth-order valence-corrected chi connectivity index (χ4v) is 3.26. The molecular formula is C23H28N2O4. The largest absolute Gasteiger partial charge is 0.481 e. The van der Waals surface area contributed by atoms with E-state index in [1.54, 1.807) is 48.5 Å². The van der Waals surface area contributed by atoms with Gasteiger partial charge < -0.3 is 15.7 Å². The van der Waals surface area contributed by atoms with Crippen LogP contribution in [0.3, 0.4) is 0 Å². The Kier molecular flexibility index (Phi) is 7.95. The molecule has 0 radical (unpaired) electrons. The molecule has 6 heteroatoms. The minimum Gasteiger partial charge on any atom is -0.481 e. The molecule has 0 unspecified atom stereocenters. The predicted octanol–water partition coefficient (Wildman–Crippen LogP) is 3.35. The van der Waals surface area contributed by atoms with E-state index >= 15 is 0 Å². The smallest absolute Gasteiger partial charge is 0.303 e. The third-order valence-corrected chi connectivity index (χ3v) is 4.66. The lowest BCUT2D eigenvalue weighted by Crippen LogP contribution is -2.38. The number of carbonyl (C=O) groups excluding carboxylic acids is 2. The van der Waals surface area contributed by atoms with Crippen LogP contribution in [0.5, 0.6) is 0 Å². The van der Waals surface area contributed by atoms with Gasteiger partial charge in [-0.05, 0) is 42.0 Å². The molecule has 2 aromatic rings. The van der Waals surface area contributed by atoms with Crippen LogP contribution in [0.15, 0.2) is 60.7 Å². The van der Waals surface area contributed by atoms with Crippen LogP contribution in [0.1, 0.15) is 47.4 Å². The van der Waals surface area contributed by atoms with Crippen molar-refractivity contribution in [2.24, 2.45) is 11.3 Å². The van der Waals surface area contributed by atoms with Crippen LogP contribution in [-0.2, 0) is 4.79 Å². The molecule has 6 nitrogen and oxygen atoms in total. The third kappa shape index (κ3) is 7.78. The van der Waals surface area contributed by atoms with Crippen LogP contribution in [-0.4, -0.2) is 36.0 Å². The Balaban J connectivity index is 1.92. The highest BCUT2D eigenvalue weighted by molar-refractivity contribution is 5.94. The van der Waals surface area contributed by atoms with Crippen molar-refractivity contribution in [2.75, 3.05) is 13.1 Å². The van der Waals surface area contributed by atoms with E-state index in [2.05, 4.69) is 10.6 Å². The van der Waals surface area contributed by atoms with Gasteiger partial charge in [0.25, 0.3) is 11.8 Å². The monoisotopic (exact) mass is 396 g/mol. The van der Waals surface area contributed by atoms with Gasteiger partial charge in [0.05, 0.1) is 0 Å². The number of hydrogen-bond donors (Lipinski definition) is 3. The van der Waals surface area contributed by atoms with E-state index in [1.165, 1.54) is 0 Å². The van der Waals surface area contributed by atoms with Crippen LogP contribution in [0.4, 0.5) is 0 Å². The minimum absolute atomic E-state index is 0.0505. The number of nitrogens with one attached hydrogen (secondary N) is 2. The van der Waals surface area contributed by atoms with E-state index in [9.17, 15) is 19.5 Å². The quantitative estimate of drug-likeness (QED) is 0.574. The highest BCUT2D eigenvalue weighted by atomic mass is 16.4. The molecule has 2 rings (SSSR count). The molecule has 0 fully saturated rings. The van der Waals surface area contributed by atoms with Crippen LogP contribution in [0.25, 0.3) is 0 Å². The summed E-state index contributed by atoms with van der Waals surface area (Å²) in [4.78, 5) is 35.8. The predicted molar refractivity (Wildman–Crippen MR) is 112 cm³/mol. The zero-order chi connectivity index (χ0) is 21.3. The Morgan fingerprint density at radius 3 is 1.83 bits per heavy atom. The summed E-state index contributed by atoms with van der Waals surface area (Å²) in [6, 6.07) is 17.8. The summed E-state index contributed by atoms with van der Waals surface area (Å²) in [7, 11) is 0. The van der Waals surface area contributed by atoms with Crippen LogP contribution in [0.2, 0.25) is 0 Å². The second kappa shape index (κ2) is 10.4. The Hall–Kier alpha value is -3.15. The van der Waals surface area contributed by atoms with Gasteiger partial charge in [0, 0.05) is 30.6 Å².